The first-order valence-electron chi connectivity index (χ1n) is 6.68. The molecule has 5 nitrogen and oxygen atoms in total. The van der Waals surface area contributed by atoms with Crippen LogP contribution in [-0.2, 0) is 4.79 Å². The minimum atomic E-state index is -0.713. The van der Waals surface area contributed by atoms with Crippen LogP contribution in [0, 0.1) is 0 Å². The molecular formula is C16H17N3O2. The van der Waals surface area contributed by atoms with E-state index in [1.54, 1.807) is 30.5 Å². The maximum Gasteiger partial charge on any atom is 0.254 e. The lowest BCUT2D eigenvalue weighted by molar-refractivity contribution is -0.119. The van der Waals surface area contributed by atoms with Crippen molar-refractivity contribution in [2.45, 2.75) is 18.9 Å². The number of hydrogen-bond acceptors (Lipinski definition) is 3. The second-order valence-corrected chi connectivity index (χ2v) is 4.68. The molecule has 0 aliphatic carbocycles. The van der Waals surface area contributed by atoms with Crippen molar-refractivity contribution in [2.75, 3.05) is 0 Å². The number of aromatic nitrogens is 1. The summed E-state index contributed by atoms with van der Waals surface area (Å²) in [6.07, 6.45) is 4.34. The van der Waals surface area contributed by atoms with Crippen molar-refractivity contribution in [3.05, 3.63) is 54.7 Å². The average Bonchev–Trinajstić information content (AvgIpc) is 2.50. The topological polar surface area (TPSA) is 85.1 Å². The van der Waals surface area contributed by atoms with E-state index in [9.17, 15) is 9.59 Å². The molecule has 2 aromatic rings. The number of hydrogen-bond donors (Lipinski definition) is 2. The van der Waals surface area contributed by atoms with Gasteiger partial charge in [-0.05, 0) is 25.0 Å². The summed E-state index contributed by atoms with van der Waals surface area (Å²) < 4.78 is 0. The lowest BCUT2D eigenvalue weighted by Crippen LogP contribution is -2.44. The minimum absolute atomic E-state index is 0.354. The summed E-state index contributed by atoms with van der Waals surface area (Å²) in [7, 11) is 0. The van der Waals surface area contributed by atoms with Crippen LogP contribution in [0.2, 0.25) is 0 Å². The third kappa shape index (κ3) is 3.45. The predicted molar refractivity (Wildman–Crippen MR) is 81.6 cm³/mol. The molecule has 0 aliphatic heterocycles. The number of fused-ring (bicyclic) bond motifs is 1. The molecule has 2 amide bonds. The molecule has 0 fully saturated rings. The molecule has 0 aliphatic rings. The smallest absolute Gasteiger partial charge is 0.254 e. The van der Waals surface area contributed by atoms with Crippen LogP contribution in [0.3, 0.4) is 0 Å². The normalized spacial score (nSPS) is 11.8. The summed E-state index contributed by atoms with van der Waals surface area (Å²) in [6, 6.07) is 8.30. The zero-order valence-electron chi connectivity index (χ0n) is 11.6. The predicted octanol–water partition coefficient (Wildman–Crippen LogP) is 1.78. The van der Waals surface area contributed by atoms with Crippen molar-refractivity contribution in [2.24, 2.45) is 5.73 Å². The van der Waals surface area contributed by atoms with Crippen LogP contribution in [0.1, 0.15) is 23.2 Å². The Morgan fingerprint density at radius 3 is 2.81 bits per heavy atom. The number of carbonyl (C=O) groups excluding carboxylic acids is 2. The molecule has 108 valence electrons. The van der Waals surface area contributed by atoms with E-state index < -0.39 is 11.9 Å². The number of nitrogens with two attached hydrogens (primary N) is 1. The summed E-state index contributed by atoms with van der Waals surface area (Å²) in [5.41, 5.74) is 6.34. The van der Waals surface area contributed by atoms with E-state index in [2.05, 4.69) is 16.9 Å². The van der Waals surface area contributed by atoms with E-state index >= 15 is 0 Å². The standard InChI is InChI=1S/C16H17N3O2/c1-2-3-9-13(15(17)20)19-16(21)12-8-4-6-11-7-5-10-18-14(11)12/h2,4-8,10,13H,1,3,9H2,(H2,17,20)(H,19,21)/t13-/m0/s1. The highest BCUT2D eigenvalue weighted by molar-refractivity contribution is 6.06. The Bertz CT molecular complexity index is 677. The number of pyridine rings is 1. The van der Waals surface area contributed by atoms with Gasteiger partial charge in [-0.25, -0.2) is 0 Å². The number of carbonyl (C=O) groups is 2. The quantitative estimate of drug-likeness (QED) is 0.792. The van der Waals surface area contributed by atoms with E-state index in [1.165, 1.54) is 0 Å². The van der Waals surface area contributed by atoms with Gasteiger partial charge in [0.2, 0.25) is 5.91 Å². The lowest BCUT2D eigenvalue weighted by Gasteiger charge is -2.15. The fraction of sp³-hybridized carbons (Fsp3) is 0.188. The van der Waals surface area contributed by atoms with Gasteiger partial charge in [0.15, 0.2) is 0 Å². The van der Waals surface area contributed by atoms with Crippen molar-refractivity contribution in [1.29, 1.82) is 0 Å². The molecule has 0 saturated carbocycles. The molecule has 0 bridgehead atoms. The fourth-order valence-corrected chi connectivity index (χ4v) is 2.09. The largest absolute Gasteiger partial charge is 0.368 e. The SMILES string of the molecule is C=CCC[C@H](NC(=O)c1cccc2cccnc12)C(N)=O. The van der Waals surface area contributed by atoms with Gasteiger partial charge < -0.3 is 11.1 Å². The molecule has 0 unspecified atom stereocenters. The van der Waals surface area contributed by atoms with Gasteiger partial charge in [-0.2, -0.15) is 0 Å². The number of nitrogens with one attached hydrogen (secondary N) is 1. The molecule has 1 heterocycles. The molecule has 0 spiro atoms. The molecule has 0 saturated heterocycles. The molecule has 3 N–H and O–H groups in total. The monoisotopic (exact) mass is 283 g/mol. The van der Waals surface area contributed by atoms with Crippen molar-refractivity contribution in [1.82, 2.24) is 10.3 Å². The Labute approximate surface area is 122 Å². The number of amides is 2. The van der Waals surface area contributed by atoms with Gasteiger partial charge in [-0.1, -0.05) is 24.3 Å². The van der Waals surface area contributed by atoms with E-state index in [1.807, 2.05) is 12.1 Å². The van der Waals surface area contributed by atoms with Crippen molar-refractivity contribution >= 4 is 22.7 Å². The Morgan fingerprint density at radius 2 is 2.10 bits per heavy atom. The zero-order chi connectivity index (χ0) is 15.2. The van der Waals surface area contributed by atoms with Crippen LogP contribution in [0.4, 0.5) is 0 Å². The first kappa shape index (κ1) is 14.7. The number of benzene rings is 1. The van der Waals surface area contributed by atoms with Crippen molar-refractivity contribution in [3.63, 3.8) is 0 Å². The van der Waals surface area contributed by atoms with Gasteiger partial charge >= 0.3 is 0 Å². The molecule has 5 heteroatoms. The summed E-state index contributed by atoms with van der Waals surface area (Å²) in [5.74, 6) is -0.912. The summed E-state index contributed by atoms with van der Waals surface area (Å²) >= 11 is 0. The van der Waals surface area contributed by atoms with Crippen LogP contribution >= 0.6 is 0 Å². The highest BCUT2D eigenvalue weighted by Crippen LogP contribution is 2.16. The van der Waals surface area contributed by atoms with E-state index in [4.69, 9.17) is 5.73 Å². The van der Waals surface area contributed by atoms with E-state index in [-0.39, 0.29) is 5.91 Å². The molecule has 2 rings (SSSR count). The lowest BCUT2D eigenvalue weighted by atomic mass is 10.1. The number of para-hydroxylation sites is 1. The van der Waals surface area contributed by atoms with Crippen LogP contribution in [0.5, 0.6) is 0 Å². The first-order valence-corrected chi connectivity index (χ1v) is 6.68. The zero-order valence-corrected chi connectivity index (χ0v) is 11.6. The van der Waals surface area contributed by atoms with E-state index in [0.717, 1.165) is 5.39 Å². The Hall–Kier alpha value is -2.69. The van der Waals surface area contributed by atoms with Gasteiger partial charge in [-0.3, -0.25) is 14.6 Å². The maximum absolute atomic E-state index is 12.4. The minimum Gasteiger partial charge on any atom is -0.368 e. The van der Waals surface area contributed by atoms with Gasteiger partial charge in [-0.15, -0.1) is 6.58 Å². The van der Waals surface area contributed by atoms with Crippen LogP contribution in [0.25, 0.3) is 10.9 Å². The Kier molecular flexibility index (Phi) is 4.66. The number of nitrogens with zero attached hydrogens (tertiary/aromatic N) is 1. The third-order valence-corrected chi connectivity index (χ3v) is 3.19. The highest BCUT2D eigenvalue weighted by Gasteiger charge is 2.19. The van der Waals surface area contributed by atoms with Crippen LogP contribution in [-0.4, -0.2) is 22.8 Å². The van der Waals surface area contributed by atoms with Crippen LogP contribution in [0.15, 0.2) is 49.2 Å². The molecule has 1 aromatic carbocycles. The second kappa shape index (κ2) is 6.65. The highest BCUT2D eigenvalue weighted by atomic mass is 16.2. The molecule has 1 aromatic heterocycles. The molecule has 1 atom stereocenters. The Balaban J connectivity index is 2.25. The second-order valence-electron chi connectivity index (χ2n) is 4.68. The number of allylic oxidation sites excluding steroid dienone is 1. The molecular weight excluding hydrogens is 266 g/mol. The third-order valence-electron chi connectivity index (χ3n) is 3.19. The summed E-state index contributed by atoms with van der Waals surface area (Å²) in [5, 5.41) is 3.53. The first-order chi connectivity index (χ1) is 10.1. The number of primary amides is 1. The molecule has 21 heavy (non-hydrogen) atoms. The molecule has 0 radical (unpaired) electrons. The number of rotatable bonds is 6. The van der Waals surface area contributed by atoms with Gasteiger partial charge in [0.05, 0.1) is 11.1 Å². The van der Waals surface area contributed by atoms with Crippen molar-refractivity contribution < 1.29 is 9.59 Å². The van der Waals surface area contributed by atoms with Gasteiger partial charge in [0.1, 0.15) is 6.04 Å². The van der Waals surface area contributed by atoms with Crippen molar-refractivity contribution in [3.8, 4) is 0 Å². The maximum atomic E-state index is 12.4. The summed E-state index contributed by atoms with van der Waals surface area (Å²) in [6.45, 7) is 3.60. The average molecular weight is 283 g/mol. The fourth-order valence-electron chi connectivity index (χ4n) is 2.09. The Morgan fingerprint density at radius 1 is 1.33 bits per heavy atom. The van der Waals surface area contributed by atoms with Crippen LogP contribution < -0.4 is 11.1 Å². The van der Waals surface area contributed by atoms with Gasteiger partial charge in [0.25, 0.3) is 5.91 Å². The van der Waals surface area contributed by atoms with E-state index in [0.29, 0.717) is 23.9 Å². The summed E-state index contributed by atoms with van der Waals surface area (Å²) in [4.78, 5) is 28.0. The van der Waals surface area contributed by atoms with Gasteiger partial charge in [0, 0.05) is 11.6 Å².